The number of nitrogens with two attached hydrogens (primary N) is 1. The minimum absolute atomic E-state index is 0.181. The number of fused-ring (bicyclic) bond motifs is 1. The topological polar surface area (TPSA) is 123 Å². The average Bonchev–Trinajstić information content (AvgIpc) is 2.63. The first-order valence-corrected chi connectivity index (χ1v) is 8.37. The Morgan fingerprint density at radius 1 is 1.40 bits per heavy atom. The second kappa shape index (κ2) is 7.28. The van der Waals surface area contributed by atoms with Gasteiger partial charge >= 0.3 is 6.09 Å². The molecule has 1 unspecified atom stereocenters. The molecule has 1 aromatic rings. The second-order valence-corrected chi connectivity index (χ2v) is 7.36. The molecule has 1 aromatic carbocycles. The molecule has 136 valence electrons. The van der Waals surface area contributed by atoms with E-state index in [0.717, 1.165) is 6.07 Å². The Kier molecular flexibility index (Phi) is 5.53. The minimum Gasteiger partial charge on any atom is -0.444 e. The average molecular weight is 370 g/mol. The molecule has 3 amide bonds. The molecular formula is C15H19FN4O4S. The maximum absolute atomic E-state index is 14.0. The van der Waals surface area contributed by atoms with Crippen molar-refractivity contribution in [2.45, 2.75) is 37.3 Å². The lowest BCUT2D eigenvalue weighted by molar-refractivity contribution is -0.117. The van der Waals surface area contributed by atoms with Crippen LogP contribution in [0.15, 0.2) is 17.0 Å². The summed E-state index contributed by atoms with van der Waals surface area (Å²) in [7, 11) is 0. The van der Waals surface area contributed by atoms with E-state index in [1.165, 1.54) is 17.8 Å². The zero-order chi connectivity index (χ0) is 18.8. The van der Waals surface area contributed by atoms with E-state index in [9.17, 15) is 18.8 Å². The van der Waals surface area contributed by atoms with E-state index in [4.69, 9.17) is 10.6 Å². The van der Waals surface area contributed by atoms with Crippen LogP contribution < -0.4 is 21.9 Å². The number of rotatable bonds is 2. The summed E-state index contributed by atoms with van der Waals surface area (Å²) < 4.78 is 19.1. The number of nitrogens with one attached hydrogen (secondary N) is 3. The van der Waals surface area contributed by atoms with Gasteiger partial charge in [-0.25, -0.2) is 15.0 Å². The van der Waals surface area contributed by atoms with Crippen LogP contribution in [0, 0.1) is 5.82 Å². The smallest absolute Gasteiger partial charge is 0.408 e. The number of carbonyl (C=O) groups is 3. The number of hydrogen-bond acceptors (Lipinski definition) is 6. The number of amides is 3. The Bertz CT molecular complexity index is 720. The summed E-state index contributed by atoms with van der Waals surface area (Å²) >= 11 is 1.17. The zero-order valence-electron chi connectivity index (χ0n) is 13.9. The summed E-state index contributed by atoms with van der Waals surface area (Å²) in [6.45, 7) is 5.12. The number of hydrogen-bond donors (Lipinski definition) is 4. The van der Waals surface area contributed by atoms with Crippen molar-refractivity contribution in [3.8, 4) is 0 Å². The van der Waals surface area contributed by atoms with Crippen molar-refractivity contribution in [1.29, 1.82) is 0 Å². The second-order valence-electron chi connectivity index (χ2n) is 6.30. The summed E-state index contributed by atoms with van der Waals surface area (Å²) in [4.78, 5) is 36.1. The number of nitrogen functional groups attached to an aromatic ring is 1. The van der Waals surface area contributed by atoms with Crippen LogP contribution in [0.4, 0.5) is 14.9 Å². The van der Waals surface area contributed by atoms with E-state index < -0.39 is 35.4 Å². The molecule has 0 bridgehead atoms. The van der Waals surface area contributed by atoms with Gasteiger partial charge in [-0.05, 0) is 32.9 Å². The van der Waals surface area contributed by atoms with E-state index in [2.05, 4.69) is 10.6 Å². The molecule has 0 radical (unpaired) electrons. The van der Waals surface area contributed by atoms with Gasteiger partial charge in [-0.15, -0.1) is 11.8 Å². The van der Waals surface area contributed by atoms with Gasteiger partial charge in [0.15, 0.2) is 0 Å². The van der Waals surface area contributed by atoms with Crippen LogP contribution >= 0.6 is 11.8 Å². The predicted octanol–water partition coefficient (Wildman–Crippen LogP) is 1.37. The van der Waals surface area contributed by atoms with E-state index in [0.29, 0.717) is 4.90 Å². The highest BCUT2D eigenvalue weighted by Crippen LogP contribution is 2.33. The molecule has 1 aliphatic rings. The fraction of sp³-hybridized carbons (Fsp3) is 0.400. The fourth-order valence-corrected chi connectivity index (χ4v) is 3.08. The third-order valence-electron chi connectivity index (χ3n) is 3.12. The van der Waals surface area contributed by atoms with Crippen molar-refractivity contribution < 1.29 is 23.5 Å². The highest BCUT2D eigenvalue weighted by molar-refractivity contribution is 7.99. The van der Waals surface area contributed by atoms with Gasteiger partial charge in [0, 0.05) is 10.6 Å². The number of hydrazine groups is 1. The largest absolute Gasteiger partial charge is 0.444 e. The number of thioether (sulfide) groups is 1. The van der Waals surface area contributed by atoms with Crippen molar-refractivity contribution in [2.24, 2.45) is 5.84 Å². The first kappa shape index (κ1) is 19.0. The van der Waals surface area contributed by atoms with Gasteiger partial charge in [0.25, 0.3) is 5.91 Å². The standard InChI is InChI=1S/C15H19FN4O4S/c1-15(2,3)24-14(23)19-10-6-25-11-5-8(16)7(12(21)20-17)4-9(11)18-13(10)22/h4-5,10H,6,17H2,1-3H3,(H,18,22)(H,19,23)(H,20,21). The zero-order valence-corrected chi connectivity index (χ0v) is 14.8. The van der Waals surface area contributed by atoms with Crippen LogP contribution in [0.25, 0.3) is 0 Å². The summed E-state index contributed by atoms with van der Waals surface area (Å²) in [6, 6.07) is 1.47. The molecular weight excluding hydrogens is 351 g/mol. The molecule has 8 nitrogen and oxygen atoms in total. The van der Waals surface area contributed by atoms with Crippen molar-refractivity contribution in [1.82, 2.24) is 10.7 Å². The lowest BCUT2D eigenvalue weighted by atomic mass is 10.1. The molecule has 5 N–H and O–H groups in total. The molecule has 1 heterocycles. The molecule has 0 saturated heterocycles. The number of benzene rings is 1. The lowest BCUT2D eigenvalue weighted by Crippen LogP contribution is -2.46. The SMILES string of the molecule is CC(C)(C)OC(=O)NC1CSc2cc(F)c(C(=O)NN)cc2NC1=O. The molecule has 1 aliphatic heterocycles. The predicted molar refractivity (Wildman–Crippen MR) is 90.6 cm³/mol. The molecule has 2 rings (SSSR count). The monoisotopic (exact) mass is 370 g/mol. The van der Waals surface area contributed by atoms with E-state index in [1.54, 1.807) is 20.8 Å². The number of ether oxygens (including phenoxy) is 1. The summed E-state index contributed by atoms with van der Waals surface area (Å²) in [6.07, 6.45) is -0.728. The molecule has 25 heavy (non-hydrogen) atoms. The highest BCUT2D eigenvalue weighted by Gasteiger charge is 2.29. The number of halogens is 1. The van der Waals surface area contributed by atoms with Crippen LogP contribution in [0.3, 0.4) is 0 Å². The van der Waals surface area contributed by atoms with Crippen molar-refractivity contribution in [3.05, 3.63) is 23.5 Å². The normalized spacial score (nSPS) is 17.0. The van der Waals surface area contributed by atoms with Gasteiger partial charge in [-0.2, -0.15) is 0 Å². The lowest BCUT2D eigenvalue weighted by Gasteiger charge is -2.22. The first-order valence-electron chi connectivity index (χ1n) is 7.38. The van der Waals surface area contributed by atoms with Crippen LogP contribution in [0.5, 0.6) is 0 Å². The fourth-order valence-electron chi connectivity index (χ4n) is 2.05. The first-order chi connectivity index (χ1) is 11.6. The van der Waals surface area contributed by atoms with Gasteiger partial charge in [0.1, 0.15) is 17.5 Å². The van der Waals surface area contributed by atoms with E-state index in [1.807, 2.05) is 5.43 Å². The molecule has 1 atom stereocenters. The maximum atomic E-state index is 14.0. The number of carbonyl (C=O) groups excluding carboxylic acids is 3. The molecule has 0 saturated carbocycles. The van der Waals surface area contributed by atoms with E-state index >= 15 is 0 Å². The van der Waals surface area contributed by atoms with Gasteiger partial charge < -0.3 is 15.4 Å². The van der Waals surface area contributed by atoms with Crippen molar-refractivity contribution >= 4 is 35.4 Å². The molecule has 0 fully saturated rings. The van der Waals surface area contributed by atoms with Gasteiger partial charge in [0.05, 0.1) is 11.3 Å². The Hall–Kier alpha value is -2.33. The minimum atomic E-state index is -0.873. The maximum Gasteiger partial charge on any atom is 0.408 e. The molecule has 10 heteroatoms. The quantitative estimate of drug-likeness (QED) is 0.354. The van der Waals surface area contributed by atoms with Gasteiger partial charge in [0.2, 0.25) is 5.91 Å². The van der Waals surface area contributed by atoms with Crippen LogP contribution in [0.1, 0.15) is 31.1 Å². The Balaban J connectivity index is 2.17. The molecule has 0 aromatic heterocycles. The molecule has 0 aliphatic carbocycles. The summed E-state index contributed by atoms with van der Waals surface area (Å²) in [5.41, 5.74) is 1.12. The Morgan fingerprint density at radius 2 is 2.08 bits per heavy atom. The van der Waals surface area contributed by atoms with Crippen LogP contribution in [-0.4, -0.2) is 35.3 Å². The van der Waals surface area contributed by atoms with Crippen molar-refractivity contribution in [3.63, 3.8) is 0 Å². The number of anilines is 1. The third kappa shape index (κ3) is 4.83. The third-order valence-corrected chi connectivity index (χ3v) is 4.26. The Morgan fingerprint density at radius 3 is 2.68 bits per heavy atom. The number of alkyl carbamates (subject to hydrolysis) is 1. The van der Waals surface area contributed by atoms with E-state index in [-0.39, 0.29) is 17.0 Å². The van der Waals surface area contributed by atoms with Crippen molar-refractivity contribution in [2.75, 3.05) is 11.1 Å². The Labute approximate surface area is 148 Å². The summed E-state index contributed by atoms with van der Waals surface area (Å²) in [5.74, 6) is 3.12. The van der Waals surface area contributed by atoms with Crippen LogP contribution in [-0.2, 0) is 9.53 Å². The summed E-state index contributed by atoms with van der Waals surface area (Å²) in [5, 5.41) is 5.05. The van der Waals surface area contributed by atoms with Gasteiger partial charge in [-0.1, -0.05) is 0 Å². The molecule has 0 spiro atoms. The van der Waals surface area contributed by atoms with Gasteiger partial charge in [-0.3, -0.25) is 15.0 Å². The highest BCUT2D eigenvalue weighted by atomic mass is 32.2. The van der Waals surface area contributed by atoms with Crippen LogP contribution in [0.2, 0.25) is 0 Å².